The summed E-state index contributed by atoms with van der Waals surface area (Å²) in [6.45, 7) is 4.45. The number of amides is 1. The Bertz CT molecular complexity index is 1160. The van der Waals surface area contributed by atoms with Crippen LogP contribution in [-0.4, -0.2) is 68.5 Å². The number of allylic oxidation sites excluding steroid dienone is 10. The highest BCUT2D eigenvalue weighted by molar-refractivity contribution is 7.45. The van der Waals surface area contributed by atoms with E-state index in [1.165, 1.54) is 103 Å². The van der Waals surface area contributed by atoms with Gasteiger partial charge in [-0.1, -0.05) is 196 Å². The number of likely N-dealkylation sites (N-methyl/N-ethyl adjacent to an activating group) is 1. The van der Waals surface area contributed by atoms with E-state index in [0.29, 0.717) is 17.4 Å². The maximum Gasteiger partial charge on any atom is 0.268 e. The first-order chi connectivity index (χ1) is 27.5. The molecule has 3 unspecified atom stereocenters. The SMILES string of the molecule is CC/C=C\C/C=C\C/C=C\C/C=C\C/C=C\CC(=O)NC(COP(=O)([O-])OCC[N+](C)(C)C)C(O)/C=C/CCCCCCCCCCCCCCCCCCCC. The molecule has 0 bridgehead atoms. The lowest BCUT2D eigenvalue weighted by Gasteiger charge is -2.29. The van der Waals surface area contributed by atoms with Crippen LogP contribution in [0.3, 0.4) is 0 Å². The van der Waals surface area contributed by atoms with E-state index in [1.54, 1.807) is 12.2 Å². The molecule has 0 aromatic carbocycles. The van der Waals surface area contributed by atoms with Gasteiger partial charge in [0.1, 0.15) is 13.2 Å². The lowest BCUT2D eigenvalue weighted by molar-refractivity contribution is -0.870. The average molecular weight is 819 g/mol. The van der Waals surface area contributed by atoms with Crippen LogP contribution in [0.1, 0.15) is 174 Å². The zero-order valence-corrected chi connectivity index (χ0v) is 38.2. The minimum Gasteiger partial charge on any atom is -0.756 e. The molecule has 0 aliphatic carbocycles. The van der Waals surface area contributed by atoms with Crippen molar-refractivity contribution in [1.29, 1.82) is 0 Å². The van der Waals surface area contributed by atoms with E-state index < -0.39 is 26.6 Å². The van der Waals surface area contributed by atoms with Crippen LogP contribution in [0.25, 0.3) is 0 Å². The van der Waals surface area contributed by atoms with Gasteiger partial charge in [-0.15, -0.1) is 0 Å². The number of hydrogen-bond donors (Lipinski definition) is 2. The van der Waals surface area contributed by atoms with Crippen molar-refractivity contribution in [2.75, 3.05) is 40.9 Å². The van der Waals surface area contributed by atoms with Crippen LogP contribution in [0.15, 0.2) is 72.9 Å². The molecule has 3 atom stereocenters. The molecule has 2 N–H and O–H groups in total. The summed E-state index contributed by atoms with van der Waals surface area (Å²) in [5.74, 6) is -0.326. The standard InChI is InChI=1S/C48H87N2O6P/c1-6-8-10-12-14-16-18-20-22-23-24-25-26-28-29-31-33-35-37-39-41-47(51)46(45-56-57(53,54)55-44-43-50(3,4)5)49-48(52)42-40-38-36-34-32-30-27-21-19-17-15-13-11-9-7-2/h9,11,15,17,21,27,32,34,38-41,46-47,51H,6-8,10,12-14,16,18-20,22-26,28-31,33,35-37,42-45H2,1-5H3,(H-,49,52,53,54)/b11-9-,17-15-,27-21-,34-32-,40-38-,41-39+. The second-order valence-corrected chi connectivity index (χ2v) is 17.8. The predicted octanol–water partition coefficient (Wildman–Crippen LogP) is 12.2. The first-order valence-corrected chi connectivity index (χ1v) is 24.3. The van der Waals surface area contributed by atoms with E-state index in [2.05, 4.69) is 67.8 Å². The zero-order chi connectivity index (χ0) is 42.1. The van der Waals surface area contributed by atoms with Gasteiger partial charge in [0.15, 0.2) is 0 Å². The fourth-order valence-corrected chi connectivity index (χ4v) is 6.82. The van der Waals surface area contributed by atoms with Crippen LogP contribution in [0.5, 0.6) is 0 Å². The van der Waals surface area contributed by atoms with E-state index in [0.717, 1.165) is 44.9 Å². The Morgan fingerprint density at radius 2 is 1.05 bits per heavy atom. The van der Waals surface area contributed by atoms with Crippen LogP contribution >= 0.6 is 7.82 Å². The third-order valence-corrected chi connectivity index (χ3v) is 10.7. The summed E-state index contributed by atoms with van der Waals surface area (Å²) in [5, 5.41) is 13.7. The number of phosphoric acid groups is 1. The van der Waals surface area contributed by atoms with Crippen molar-refractivity contribution >= 4 is 13.7 Å². The second-order valence-electron chi connectivity index (χ2n) is 16.4. The molecular formula is C48H87N2O6P. The molecule has 0 aromatic heterocycles. The summed E-state index contributed by atoms with van der Waals surface area (Å²) in [5.41, 5.74) is 0. The van der Waals surface area contributed by atoms with Crippen molar-refractivity contribution in [1.82, 2.24) is 5.32 Å². The summed E-state index contributed by atoms with van der Waals surface area (Å²) in [4.78, 5) is 25.2. The van der Waals surface area contributed by atoms with Crippen molar-refractivity contribution in [3.05, 3.63) is 72.9 Å². The maximum atomic E-state index is 12.8. The molecule has 0 radical (unpaired) electrons. The highest BCUT2D eigenvalue weighted by atomic mass is 31.2. The van der Waals surface area contributed by atoms with Gasteiger partial charge < -0.3 is 28.8 Å². The van der Waals surface area contributed by atoms with E-state index >= 15 is 0 Å². The molecule has 0 saturated carbocycles. The Labute approximate surface area is 351 Å². The lowest BCUT2D eigenvalue weighted by atomic mass is 10.0. The molecule has 9 heteroatoms. The molecule has 0 heterocycles. The second kappa shape index (κ2) is 39.4. The van der Waals surface area contributed by atoms with Gasteiger partial charge in [0.05, 0.1) is 39.9 Å². The molecule has 0 aliphatic heterocycles. The number of nitrogens with one attached hydrogen (secondary N) is 1. The maximum absolute atomic E-state index is 12.8. The summed E-state index contributed by atoms with van der Waals surface area (Å²) in [7, 11) is 1.20. The highest BCUT2D eigenvalue weighted by Gasteiger charge is 2.23. The first-order valence-electron chi connectivity index (χ1n) is 22.8. The minimum atomic E-state index is -4.62. The smallest absolute Gasteiger partial charge is 0.268 e. The third-order valence-electron chi connectivity index (χ3n) is 9.70. The lowest BCUT2D eigenvalue weighted by Crippen LogP contribution is -2.45. The van der Waals surface area contributed by atoms with Crippen LogP contribution in [0.2, 0.25) is 0 Å². The number of rotatable bonds is 40. The molecule has 0 aliphatic rings. The first kappa shape index (κ1) is 54.9. The largest absolute Gasteiger partial charge is 0.756 e. The van der Waals surface area contributed by atoms with Crippen LogP contribution in [-0.2, 0) is 18.4 Å². The summed E-state index contributed by atoms with van der Waals surface area (Å²) in [6.07, 6.45) is 52.7. The van der Waals surface area contributed by atoms with Gasteiger partial charge in [0, 0.05) is 6.42 Å². The number of carbonyl (C=O) groups is 1. The van der Waals surface area contributed by atoms with E-state index in [-0.39, 0.29) is 18.9 Å². The van der Waals surface area contributed by atoms with Gasteiger partial charge in [-0.3, -0.25) is 9.36 Å². The fourth-order valence-electron chi connectivity index (χ4n) is 6.10. The molecule has 0 rings (SSSR count). The molecule has 330 valence electrons. The third kappa shape index (κ3) is 41.9. The number of phosphoric ester groups is 1. The molecule has 8 nitrogen and oxygen atoms in total. The Kier molecular flexibility index (Phi) is 38.0. The van der Waals surface area contributed by atoms with Crippen molar-refractivity contribution < 1.29 is 32.9 Å². The molecule has 0 saturated heterocycles. The summed E-state index contributed by atoms with van der Waals surface area (Å²) >= 11 is 0. The van der Waals surface area contributed by atoms with Crippen LogP contribution in [0, 0.1) is 0 Å². The molecule has 0 spiro atoms. The molecule has 0 aromatic rings. The van der Waals surface area contributed by atoms with Gasteiger partial charge in [0.25, 0.3) is 7.82 Å². The monoisotopic (exact) mass is 819 g/mol. The zero-order valence-electron chi connectivity index (χ0n) is 37.3. The van der Waals surface area contributed by atoms with Gasteiger partial charge in [-0.25, -0.2) is 0 Å². The molecular weight excluding hydrogens is 732 g/mol. The number of quaternary nitrogens is 1. The van der Waals surface area contributed by atoms with E-state index in [1.807, 2.05) is 33.3 Å². The number of carbonyl (C=O) groups excluding carboxylic acids is 1. The topological polar surface area (TPSA) is 108 Å². The van der Waals surface area contributed by atoms with Crippen LogP contribution in [0.4, 0.5) is 0 Å². The van der Waals surface area contributed by atoms with Crippen molar-refractivity contribution in [2.45, 2.75) is 187 Å². The highest BCUT2D eigenvalue weighted by Crippen LogP contribution is 2.38. The van der Waals surface area contributed by atoms with E-state index in [4.69, 9.17) is 9.05 Å². The van der Waals surface area contributed by atoms with Gasteiger partial charge >= 0.3 is 0 Å². The number of aliphatic hydroxyl groups excluding tert-OH is 1. The van der Waals surface area contributed by atoms with Crippen LogP contribution < -0.4 is 10.2 Å². The Hall–Kier alpha value is -2.06. The predicted molar refractivity (Wildman–Crippen MR) is 242 cm³/mol. The summed E-state index contributed by atoms with van der Waals surface area (Å²) < 4.78 is 23.1. The van der Waals surface area contributed by atoms with Crippen molar-refractivity contribution in [3.8, 4) is 0 Å². The quantitative estimate of drug-likeness (QED) is 0.0276. The van der Waals surface area contributed by atoms with Gasteiger partial charge in [-0.05, 0) is 44.9 Å². The molecule has 0 fully saturated rings. The summed E-state index contributed by atoms with van der Waals surface area (Å²) in [6, 6.07) is -0.943. The Balaban J connectivity index is 4.52. The van der Waals surface area contributed by atoms with Gasteiger partial charge in [-0.2, -0.15) is 0 Å². The fraction of sp³-hybridized carbons (Fsp3) is 0.729. The number of hydrogen-bond acceptors (Lipinski definition) is 6. The van der Waals surface area contributed by atoms with Crippen molar-refractivity contribution in [3.63, 3.8) is 0 Å². The van der Waals surface area contributed by atoms with Crippen molar-refractivity contribution in [2.24, 2.45) is 0 Å². The van der Waals surface area contributed by atoms with Gasteiger partial charge in [0.2, 0.25) is 5.91 Å². The number of unbranched alkanes of at least 4 members (excludes halogenated alkanes) is 18. The molecule has 57 heavy (non-hydrogen) atoms. The molecule has 1 amide bonds. The number of nitrogens with zero attached hydrogens (tertiary/aromatic N) is 1. The Morgan fingerprint density at radius 3 is 1.49 bits per heavy atom. The van der Waals surface area contributed by atoms with E-state index in [9.17, 15) is 19.4 Å². The Morgan fingerprint density at radius 1 is 0.632 bits per heavy atom. The minimum absolute atomic E-state index is 0.0206. The average Bonchev–Trinajstić information content (AvgIpc) is 3.16. The number of aliphatic hydroxyl groups is 1. The normalized spacial score (nSPS) is 15.0.